The molecule has 1 saturated heterocycles. The van der Waals surface area contributed by atoms with Gasteiger partial charge in [-0.05, 0) is 42.7 Å². The number of hydrogen-bond acceptors (Lipinski definition) is 2. The van der Waals surface area contributed by atoms with Gasteiger partial charge in [-0.3, -0.25) is 0 Å². The summed E-state index contributed by atoms with van der Waals surface area (Å²) < 4.78 is 11.3. The summed E-state index contributed by atoms with van der Waals surface area (Å²) in [7, 11) is 0. The molecule has 1 unspecified atom stereocenters. The van der Waals surface area contributed by atoms with E-state index in [1.54, 1.807) is 0 Å². The highest BCUT2D eigenvalue weighted by Crippen LogP contribution is 2.22. The monoisotopic (exact) mass is 266 g/mol. The third-order valence-corrected chi connectivity index (χ3v) is 3.33. The van der Waals surface area contributed by atoms with Crippen molar-refractivity contribution in [1.82, 2.24) is 0 Å². The van der Waals surface area contributed by atoms with Crippen molar-refractivity contribution in [3.05, 3.63) is 66.2 Å². The quantitative estimate of drug-likeness (QED) is 0.800. The summed E-state index contributed by atoms with van der Waals surface area (Å²) in [5.74, 6) is 1.71. The molecule has 2 aromatic rings. The Bertz CT molecular complexity index is 552. The lowest BCUT2D eigenvalue weighted by Gasteiger charge is -2.05. The first-order valence-electron chi connectivity index (χ1n) is 7.03. The van der Waals surface area contributed by atoms with E-state index < -0.39 is 0 Å². The minimum absolute atomic E-state index is 0.287. The summed E-state index contributed by atoms with van der Waals surface area (Å²) in [6.07, 6.45) is 6.84. The second kappa shape index (κ2) is 6.40. The molecule has 1 heterocycles. The maximum absolute atomic E-state index is 5.76. The second-order valence-corrected chi connectivity index (χ2v) is 4.89. The Balaban J connectivity index is 1.62. The average molecular weight is 266 g/mol. The van der Waals surface area contributed by atoms with Crippen LogP contribution in [0.25, 0.3) is 6.08 Å². The van der Waals surface area contributed by atoms with E-state index in [-0.39, 0.29) is 6.10 Å². The number of benzene rings is 2. The van der Waals surface area contributed by atoms with E-state index in [2.05, 4.69) is 24.3 Å². The van der Waals surface area contributed by atoms with Crippen molar-refractivity contribution in [2.75, 3.05) is 6.61 Å². The molecule has 3 rings (SSSR count). The summed E-state index contributed by atoms with van der Waals surface area (Å²) in [4.78, 5) is 0. The molecule has 0 saturated carbocycles. The van der Waals surface area contributed by atoms with E-state index >= 15 is 0 Å². The molecule has 2 nitrogen and oxygen atoms in total. The van der Waals surface area contributed by atoms with Crippen LogP contribution in [-0.2, 0) is 4.74 Å². The van der Waals surface area contributed by atoms with Crippen molar-refractivity contribution in [3.8, 4) is 11.5 Å². The third-order valence-electron chi connectivity index (χ3n) is 3.33. The van der Waals surface area contributed by atoms with Gasteiger partial charge in [0.1, 0.15) is 11.5 Å². The second-order valence-electron chi connectivity index (χ2n) is 4.89. The van der Waals surface area contributed by atoms with Crippen LogP contribution >= 0.6 is 0 Å². The van der Waals surface area contributed by atoms with Crippen LogP contribution in [0, 0.1) is 0 Å². The molecular weight excluding hydrogens is 248 g/mol. The van der Waals surface area contributed by atoms with Crippen LogP contribution in [0.4, 0.5) is 0 Å². The smallest absolute Gasteiger partial charge is 0.127 e. The predicted molar refractivity (Wildman–Crippen MR) is 81.0 cm³/mol. The summed E-state index contributed by atoms with van der Waals surface area (Å²) in [5, 5.41) is 0. The van der Waals surface area contributed by atoms with Gasteiger partial charge in [0.15, 0.2) is 0 Å². The van der Waals surface area contributed by atoms with Crippen molar-refractivity contribution in [2.45, 2.75) is 18.9 Å². The highest BCUT2D eigenvalue weighted by atomic mass is 16.5. The van der Waals surface area contributed by atoms with Crippen LogP contribution in [0.5, 0.6) is 11.5 Å². The molecular formula is C18H18O2. The maximum atomic E-state index is 5.76. The molecule has 2 aromatic carbocycles. The third kappa shape index (κ3) is 3.49. The lowest BCUT2D eigenvalue weighted by molar-refractivity contribution is 0.146. The fourth-order valence-electron chi connectivity index (χ4n) is 2.24. The number of rotatable bonds is 4. The van der Waals surface area contributed by atoms with Gasteiger partial charge in [0.2, 0.25) is 0 Å². The van der Waals surface area contributed by atoms with E-state index in [0.717, 1.165) is 24.5 Å². The summed E-state index contributed by atoms with van der Waals surface area (Å²) >= 11 is 0. The van der Waals surface area contributed by atoms with Crippen LogP contribution in [0.2, 0.25) is 0 Å². The standard InChI is InChI=1S/C18H18O2/c1-2-5-17(6-3-1)20-18-12-9-15(10-13-18)8-11-16-7-4-14-19-16/h1-3,5-6,8-13,16H,4,7,14H2/b11-8+. The highest BCUT2D eigenvalue weighted by molar-refractivity contribution is 5.51. The zero-order valence-electron chi connectivity index (χ0n) is 11.4. The molecule has 1 aliphatic heterocycles. The number of hydrogen-bond donors (Lipinski definition) is 0. The van der Waals surface area contributed by atoms with E-state index in [9.17, 15) is 0 Å². The van der Waals surface area contributed by atoms with E-state index in [1.807, 2.05) is 42.5 Å². The first-order valence-corrected chi connectivity index (χ1v) is 7.03. The average Bonchev–Trinajstić information content (AvgIpc) is 3.01. The van der Waals surface area contributed by atoms with Gasteiger partial charge >= 0.3 is 0 Å². The molecule has 0 radical (unpaired) electrons. The molecule has 0 bridgehead atoms. The van der Waals surface area contributed by atoms with Crippen LogP contribution < -0.4 is 4.74 Å². The SMILES string of the molecule is C(=C\C1CCCO1)/c1ccc(Oc2ccccc2)cc1. The first kappa shape index (κ1) is 12.9. The van der Waals surface area contributed by atoms with Crippen molar-refractivity contribution in [3.63, 3.8) is 0 Å². The van der Waals surface area contributed by atoms with Crippen LogP contribution in [0.1, 0.15) is 18.4 Å². The zero-order chi connectivity index (χ0) is 13.6. The molecule has 20 heavy (non-hydrogen) atoms. The van der Waals surface area contributed by atoms with Crippen molar-refractivity contribution < 1.29 is 9.47 Å². The number of ether oxygens (including phenoxy) is 2. The van der Waals surface area contributed by atoms with Crippen molar-refractivity contribution in [2.24, 2.45) is 0 Å². The van der Waals surface area contributed by atoms with Crippen LogP contribution in [0.3, 0.4) is 0 Å². The van der Waals surface area contributed by atoms with Gasteiger partial charge in [-0.15, -0.1) is 0 Å². The molecule has 0 amide bonds. The predicted octanol–water partition coefficient (Wildman–Crippen LogP) is 4.67. The van der Waals surface area contributed by atoms with E-state index in [1.165, 1.54) is 12.0 Å². The molecule has 0 N–H and O–H groups in total. The highest BCUT2D eigenvalue weighted by Gasteiger charge is 2.11. The van der Waals surface area contributed by atoms with Gasteiger partial charge in [-0.2, -0.15) is 0 Å². The van der Waals surface area contributed by atoms with Crippen molar-refractivity contribution in [1.29, 1.82) is 0 Å². The Morgan fingerprint density at radius 3 is 2.40 bits per heavy atom. The van der Waals surface area contributed by atoms with Gasteiger partial charge in [0.25, 0.3) is 0 Å². The Labute approximate surface area is 119 Å². The number of para-hydroxylation sites is 1. The molecule has 102 valence electrons. The lowest BCUT2D eigenvalue weighted by atomic mass is 10.1. The molecule has 0 spiro atoms. The van der Waals surface area contributed by atoms with Gasteiger partial charge < -0.3 is 9.47 Å². The summed E-state index contributed by atoms with van der Waals surface area (Å²) in [6.45, 7) is 0.888. The topological polar surface area (TPSA) is 18.5 Å². The molecule has 2 heteroatoms. The van der Waals surface area contributed by atoms with Gasteiger partial charge in [-0.1, -0.05) is 42.5 Å². The largest absolute Gasteiger partial charge is 0.457 e. The van der Waals surface area contributed by atoms with Crippen LogP contribution in [-0.4, -0.2) is 12.7 Å². The minimum atomic E-state index is 0.287. The first-order chi connectivity index (χ1) is 9.90. The molecule has 1 fully saturated rings. The Morgan fingerprint density at radius 2 is 1.70 bits per heavy atom. The molecule has 1 atom stereocenters. The van der Waals surface area contributed by atoms with Crippen molar-refractivity contribution >= 4 is 6.08 Å². The fourth-order valence-corrected chi connectivity index (χ4v) is 2.24. The normalized spacial score (nSPS) is 18.5. The van der Waals surface area contributed by atoms with E-state index in [4.69, 9.17) is 9.47 Å². The van der Waals surface area contributed by atoms with Crippen LogP contribution in [0.15, 0.2) is 60.7 Å². The fraction of sp³-hybridized carbons (Fsp3) is 0.222. The molecule has 1 aliphatic rings. The Hall–Kier alpha value is -2.06. The molecule has 0 aliphatic carbocycles. The Morgan fingerprint density at radius 1 is 0.950 bits per heavy atom. The zero-order valence-corrected chi connectivity index (χ0v) is 11.4. The van der Waals surface area contributed by atoms with Gasteiger partial charge in [0.05, 0.1) is 6.10 Å². The maximum Gasteiger partial charge on any atom is 0.127 e. The summed E-state index contributed by atoms with van der Waals surface area (Å²) in [6, 6.07) is 17.9. The van der Waals surface area contributed by atoms with E-state index in [0.29, 0.717) is 0 Å². The lowest BCUT2D eigenvalue weighted by Crippen LogP contribution is -1.98. The van der Waals surface area contributed by atoms with Gasteiger partial charge in [-0.25, -0.2) is 0 Å². The molecule has 0 aromatic heterocycles. The Kier molecular flexibility index (Phi) is 4.14. The minimum Gasteiger partial charge on any atom is -0.457 e. The van der Waals surface area contributed by atoms with Gasteiger partial charge in [0, 0.05) is 6.61 Å². The summed E-state index contributed by atoms with van der Waals surface area (Å²) in [5.41, 5.74) is 1.17.